The number of hydrogen-bond donors (Lipinski definition) is 0. The Morgan fingerprint density at radius 3 is 2.24 bits per heavy atom. The predicted molar refractivity (Wildman–Crippen MR) is 93.2 cm³/mol. The molecule has 2 heteroatoms. The first-order chi connectivity index (χ1) is 10.2. The van der Waals surface area contributed by atoms with Gasteiger partial charge in [-0.15, -0.1) is 0 Å². The van der Waals surface area contributed by atoms with Gasteiger partial charge in [0.2, 0.25) is 0 Å². The molecule has 0 atom stereocenters. The molecule has 1 aliphatic carbocycles. The molecule has 0 bridgehead atoms. The van der Waals surface area contributed by atoms with Gasteiger partial charge >= 0.3 is 0 Å². The van der Waals surface area contributed by atoms with Crippen LogP contribution in [0.1, 0.15) is 74.2 Å². The fourth-order valence-corrected chi connectivity index (χ4v) is 3.17. The number of unbranched alkanes of at least 4 members (excludes halogenated alkanes) is 6. The van der Waals surface area contributed by atoms with Gasteiger partial charge in [0.05, 0.1) is 0 Å². The van der Waals surface area contributed by atoms with Gasteiger partial charge in [-0.05, 0) is 24.5 Å². The van der Waals surface area contributed by atoms with Gasteiger partial charge in [-0.1, -0.05) is 81.9 Å². The van der Waals surface area contributed by atoms with Gasteiger partial charge in [0.15, 0.2) is 5.78 Å². The number of ketones is 1. The van der Waals surface area contributed by atoms with Crippen molar-refractivity contribution in [2.45, 2.75) is 58.3 Å². The maximum Gasteiger partial charge on any atom is 0.186 e. The number of allylic oxidation sites excluding steroid dienone is 2. The minimum atomic E-state index is 0.108. The summed E-state index contributed by atoms with van der Waals surface area (Å²) in [5.74, 6) is 0.108. The van der Waals surface area contributed by atoms with Crippen molar-refractivity contribution in [1.29, 1.82) is 0 Å². The van der Waals surface area contributed by atoms with Crippen LogP contribution in [0, 0.1) is 0 Å². The van der Waals surface area contributed by atoms with Crippen molar-refractivity contribution in [2.24, 2.45) is 0 Å². The van der Waals surface area contributed by atoms with E-state index < -0.39 is 0 Å². The fourth-order valence-electron chi connectivity index (χ4n) is 2.83. The summed E-state index contributed by atoms with van der Waals surface area (Å²) in [4.78, 5) is 13.0. The van der Waals surface area contributed by atoms with E-state index in [1.54, 1.807) is 6.08 Å². The van der Waals surface area contributed by atoms with E-state index in [2.05, 4.69) is 6.92 Å². The summed E-state index contributed by atoms with van der Waals surface area (Å²) in [7, 11) is 0. The molecular formula is C19H24OS. The van der Waals surface area contributed by atoms with Gasteiger partial charge in [-0.25, -0.2) is 0 Å². The number of hydrogen-bond acceptors (Lipinski definition) is 2. The first-order valence-corrected chi connectivity index (χ1v) is 8.53. The van der Waals surface area contributed by atoms with Crippen molar-refractivity contribution >= 4 is 22.9 Å². The highest BCUT2D eigenvalue weighted by Gasteiger charge is 2.21. The van der Waals surface area contributed by atoms with E-state index in [1.165, 1.54) is 38.5 Å². The average molecular weight is 300 g/mol. The summed E-state index contributed by atoms with van der Waals surface area (Å²) < 4.78 is 0. The van der Waals surface area contributed by atoms with Gasteiger partial charge in [-0.2, -0.15) is 0 Å². The smallest absolute Gasteiger partial charge is 0.186 e. The highest BCUT2D eigenvalue weighted by Crippen LogP contribution is 2.25. The molecule has 1 aromatic carbocycles. The Bertz CT molecular complexity index is 542. The SMILES string of the molecule is CCCCCCCCCC1=CC(=O)c2ccccc2C1=S. The molecule has 0 fully saturated rings. The van der Waals surface area contributed by atoms with Crippen LogP contribution in [0.2, 0.25) is 0 Å². The number of fused-ring (bicyclic) bond motifs is 1. The lowest BCUT2D eigenvalue weighted by atomic mass is 9.88. The summed E-state index contributed by atoms with van der Waals surface area (Å²) in [6, 6.07) is 7.68. The van der Waals surface area contributed by atoms with Crippen LogP contribution in [0.4, 0.5) is 0 Å². The second-order valence-electron chi connectivity index (χ2n) is 5.78. The first-order valence-electron chi connectivity index (χ1n) is 8.12. The van der Waals surface area contributed by atoms with Crippen LogP contribution in [-0.4, -0.2) is 10.6 Å². The quantitative estimate of drug-likeness (QED) is 0.454. The third-order valence-electron chi connectivity index (χ3n) is 4.08. The molecule has 0 amide bonds. The Kier molecular flexibility index (Phi) is 6.31. The molecular weight excluding hydrogens is 276 g/mol. The lowest BCUT2D eigenvalue weighted by Gasteiger charge is -2.17. The van der Waals surface area contributed by atoms with Crippen molar-refractivity contribution in [2.75, 3.05) is 0 Å². The minimum Gasteiger partial charge on any atom is -0.289 e. The molecule has 21 heavy (non-hydrogen) atoms. The highest BCUT2D eigenvalue weighted by molar-refractivity contribution is 7.81. The molecule has 0 radical (unpaired) electrons. The Labute approximate surface area is 133 Å². The number of carbonyl (C=O) groups is 1. The Hall–Kier alpha value is -1.28. The second kappa shape index (κ2) is 8.23. The molecule has 1 nitrogen and oxygen atoms in total. The zero-order valence-electron chi connectivity index (χ0n) is 12.9. The second-order valence-corrected chi connectivity index (χ2v) is 6.19. The topological polar surface area (TPSA) is 17.1 Å². The fraction of sp³-hybridized carbons (Fsp3) is 0.474. The van der Waals surface area contributed by atoms with Crippen molar-refractivity contribution in [1.82, 2.24) is 0 Å². The summed E-state index contributed by atoms with van der Waals surface area (Å²) in [5.41, 5.74) is 2.76. The molecule has 0 heterocycles. The van der Waals surface area contributed by atoms with Crippen LogP contribution < -0.4 is 0 Å². The summed E-state index contributed by atoms with van der Waals surface area (Å²) in [6.45, 7) is 2.24. The summed E-state index contributed by atoms with van der Waals surface area (Å²) in [5, 5.41) is 0. The first kappa shape index (κ1) is 16.1. The van der Waals surface area contributed by atoms with Crippen LogP contribution in [0.3, 0.4) is 0 Å². The number of benzene rings is 1. The lowest BCUT2D eigenvalue weighted by molar-refractivity contribution is 0.104. The van der Waals surface area contributed by atoms with Gasteiger partial charge in [-0.3, -0.25) is 4.79 Å². The van der Waals surface area contributed by atoms with Crippen LogP contribution in [0.5, 0.6) is 0 Å². The van der Waals surface area contributed by atoms with Crippen molar-refractivity contribution in [3.8, 4) is 0 Å². The van der Waals surface area contributed by atoms with Gasteiger partial charge < -0.3 is 0 Å². The molecule has 112 valence electrons. The maximum absolute atomic E-state index is 12.1. The van der Waals surface area contributed by atoms with Crippen LogP contribution in [0.25, 0.3) is 0 Å². The van der Waals surface area contributed by atoms with E-state index in [1.807, 2.05) is 24.3 Å². The Balaban J connectivity index is 1.82. The maximum atomic E-state index is 12.1. The lowest BCUT2D eigenvalue weighted by Crippen LogP contribution is -2.15. The van der Waals surface area contributed by atoms with E-state index in [0.29, 0.717) is 0 Å². The van der Waals surface area contributed by atoms with E-state index >= 15 is 0 Å². The Morgan fingerprint density at radius 1 is 0.905 bits per heavy atom. The van der Waals surface area contributed by atoms with Gasteiger partial charge in [0.25, 0.3) is 0 Å². The van der Waals surface area contributed by atoms with Crippen LogP contribution in [-0.2, 0) is 0 Å². The monoisotopic (exact) mass is 300 g/mol. The molecule has 0 N–H and O–H groups in total. The molecule has 0 unspecified atom stereocenters. The summed E-state index contributed by atoms with van der Waals surface area (Å²) >= 11 is 5.55. The molecule has 0 spiro atoms. The molecule has 1 aromatic rings. The van der Waals surface area contributed by atoms with Gasteiger partial charge in [0.1, 0.15) is 0 Å². The molecule has 0 saturated heterocycles. The van der Waals surface area contributed by atoms with Crippen molar-refractivity contribution in [3.05, 3.63) is 47.0 Å². The van der Waals surface area contributed by atoms with Crippen LogP contribution in [0.15, 0.2) is 35.9 Å². The summed E-state index contributed by atoms with van der Waals surface area (Å²) in [6.07, 6.45) is 11.7. The number of thiocarbonyl (C=S) groups is 1. The van der Waals surface area contributed by atoms with Crippen molar-refractivity contribution < 1.29 is 4.79 Å². The molecule has 2 rings (SSSR count). The standard InChI is InChI=1S/C19H24OS/c1-2-3-4-5-6-7-8-11-15-14-18(20)16-12-9-10-13-17(16)19(15)21/h9-10,12-14H,2-8,11H2,1H3. The third-order valence-corrected chi connectivity index (χ3v) is 4.57. The number of carbonyl (C=O) groups excluding carboxylic acids is 1. The largest absolute Gasteiger partial charge is 0.289 e. The van der Waals surface area contributed by atoms with E-state index in [9.17, 15) is 4.79 Å². The normalized spacial score (nSPS) is 14.0. The zero-order valence-corrected chi connectivity index (χ0v) is 13.7. The highest BCUT2D eigenvalue weighted by atomic mass is 32.1. The molecule has 0 aliphatic heterocycles. The van der Waals surface area contributed by atoms with Crippen molar-refractivity contribution in [3.63, 3.8) is 0 Å². The predicted octanol–water partition coefficient (Wildman–Crippen LogP) is 5.67. The number of rotatable bonds is 8. The van der Waals surface area contributed by atoms with Gasteiger partial charge in [0, 0.05) is 16.0 Å². The molecule has 1 aliphatic rings. The van der Waals surface area contributed by atoms with E-state index in [4.69, 9.17) is 12.2 Å². The van der Waals surface area contributed by atoms with Crippen LogP contribution >= 0.6 is 12.2 Å². The third kappa shape index (κ3) is 4.34. The Morgan fingerprint density at radius 2 is 1.52 bits per heavy atom. The molecule has 0 saturated carbocycles. The van der Waals surface area contributed by atoms with E-state index in [0.717, 1.165) is 34.4 Å². The molecule has 0 aromatic heterocycles. The van der Waals surface area contributed by atoms with E-state index in [-0.39, 0.29) is 5.78 Å². The average Bonchev–Trinajstić information content (AvgIpc) is 2.51. The zero-order chi connectivity index (χ0) is 15.1. The minimum absolute atomic E-state index is 0.108.